The van der Waals surface area contributed by atoms with Gasteiger partial charge in [0, 0.05) is 38.6 Å². The molecule has 2 aliphatic rings. The van der Waals surface area contributed by atoms with Crippen LogP contribution in [0.1, 0.15) is 33.1 Å². The summed E-state index contributed by atoms with van der Waals surface area (Å²) in [4.78, 5) is 16.5. The third-order valence-electron chi connectivity index (χ3n) is 4.35. The minimum Gasteiger partial charge on any atom is -0.378 e. The molecule has 2 heterocycles. The van der Waals surface area contributed by atoms with Crippen molar-refractivity contribution in [2.45, 2.75) is 39.2 Å². The first-order valence-electron chi connectivity index (χ1n) is 8.46. The van der Waals surface area contributed by atoms with Crippen molar-refractivity contribution in [2.75, 3.05) is 52.5 Å². The summed E-state index contributed by atoms with van der Waals surface area (Å²) in [6.45, 7) is 11.8. The number of nitrogens with zero attached hydrogens (tertiary/aromatic N) is 2. The molecule has 2 fully saturated rings. The highest BCUT2D eigenvalue weighted by atomic mass is 16.5. The number of morpholine rings is 1. The lowest BCUT2D eigenvalue weighted by atomic mass is 10.0. The molecular weight excluding hydrogens is 266 g/mol. The van der Waals surface area contributed by atoms with E-state index in [0.29, 0.717) is 25.7 Å². The van der Waals surface area contributed by atoms with Gasteiger partial charge in [0.25, 0.3) is 0 Å². The van der Waals surface area contributed by atoms with E-state index in [1.807, 2.05) is 4.90 Å². The minimum atomic E-state index is 0.267. The summed E-state index contributed by atoms with van der Waals surface area (Å²) in [5.74, 6) is 1.02. The van der Waals surface area contributed by atoms with E-state index in [0.717, 1.165) is 25.6 Å². The van der Waals surface area contributed by atoms with Crippen molar-refractivity contribution < 1.29 is 9.53 Å². The van der Waals surface area contributed by atoms with Crippen molar-refractivity contribution in [3.8, 4) is 0 Å². The minimum absolute atomic E-state index is 0.267. The molecule has 5 heteroatoms. The molecule has 0 aromatic rings. The Balaban J connectivity index is 1.56. The molecule has 0 radical (unpaired) electrons. The van der Waals surface area contributed by atoms with Crippen LogP contribution in [0.3, 0.4) is 0 Å². The van der Waals surface area contributed by atoms with E-state index in [1.165, 1.54) is 32.5 Å². The first kappa shape index (κ1) is 16.7. The molecule has 0 bridgehead atoms. The largest absolute Gasteiger partial charge is 0.378 e. The van der Waals surface area contributed by atoms with Crippen LogP contribution >= 0.6 is 0 Å². The van der Waals surface area contributed by atoms with Crippen LogP contribution in [0.2, 0.25) is 0 Å². The summed E-state index contributed by atoms with van der Waals surface area (Å²) in [5.41, 5.74) is 0. The van der Waals surface area contributed by atoms with Gasteiger partial charge in [-0.05, 0) is 31.8 Å². The van der Waals surface area contributed by atoms with Gasteiger partial charge in [-0.2, -0.15) is 0 Å². The van der Waals surface area contributed by atoms with E-state index >= 15 is 0 Å². The monoisotopic (exact) mass is 297 g/mol. The number of nitrogens with one attached hydrogen (secondary N) is 1. The highest BCUT2D eigenvalue weighted by molar-refractivity contribution is 5.76. The van der Waals surface area contributed by atoms with Gasteiger partial charge in [-0.1, -0.05) is 13.8 Å². The molecule has 0 atom stereocenters. The summed E-state index contributed by atoms with van der Waals surface area (Å²) < 4.78 is 5.27. The quantitative estimate of drug-likeness (QED) is 0.793. The molecular formula is C16H31N3O2. The van der Waals surface area contributed by atoms with Crippen LogP contribution in [0, 0.1) is 5.92 Å². The number of rotatable bonds is 6. The van der Waals surface area contributed by atoms with Gasteiger partial charge in [0.15, 0.2) is 0 Å². The van der Waals surface area contributed by atoms with Crippen LogP contribution in [0.25, 0.3) is 0 Å². The van der Waals surface area contributed by atoms with Crippen LogP contribution in [0.4, 0.5) is 0 Å². The third-order valence-corrected chi connectivity index (χ3v) is 4.35. The highest BCUT2D eigenvalue weighted by Gasteiger charge is 2.20. The Morgan fingerprint density at radius 3 is 2.48 bits per heavy atom. The fourth-order valence-corrected chi connectivity index (χ4v) is 3.19. The molecule has 1 amide bonds. The van der Waals surface area contributed by atoms with Gasteiger partial charge in [0.05, 0.1) is 13.2 Å². The molecule has 2 rings (SSSR count). The lowest BCUT2D eigenvalue weighted by Crippen LogP contribution is -2.45. The highest BCUT2D eigenvalue weighted by Crippen LogP contribution is 2.12. The standard InChI is InChI=1S/C16H31N3O2/c1-14(2)13-18-7-4-15(5-8-18)17-6-3-16(20)19-9-11-21-12-10-19/h14-15,17H,3-13H2,1-2H3. The molecule has 0 saturated carbocycles. The first-order chi connectivity index (χ1) is 10.1. The van der Waals surface area contributed by atoms with Gasteiger partial charge in [0.2, 0.25) is 5.91 Å². The lowest BCUT2D eigenvalue weighted by molar-refractivity contribution is -0.135. The van der Waals surface area contributed by atoms with E-state index in [-0.39, 0.29) is 5.91 Å². The Labute approximate surface area is 129 Å². The maximum atomic E-state index is 12.0. The molecule has 0 unspecified atom stereocenters. The summed E-state index contributed by atoms with van der Waals surface area (Å²) in [6.07, 6.45) is 3.03. The summed E-state index contributed by atoms with van der Waals surface area (Å²) >= 11 is 0. The number of carbonyl (C=O) groups is 1. The Bertz CT molecular complexity index is 309. The van der Waals surface area contributed by atoms with E-state index in [1.54, 1.807) is 0 Å². The van der Waals surface area contributed by atoms with Crippen molar-refractivity contribution in [2.24, 2.45) is 5.92 Å². The molecule has 0 aromatic heterocycles. The molecule has 5 nitrogen and oxygen atoms in total. The van der Waals surface area contributed by atoms with E-state index in [2.05, 4.69) is 24.1 Å². The average molecular weight is 297 g/mol. The van der Waals surface area contributed by atoms with Crippen molar-refractivity contribution in [1.82, 2.24) is 15.1 Å². The predicted octanol–water partition coefficient (Wildman–Crippen LogP) is 0.945. The number of piperidine rings is 1. The van der Waals surface area contributed by atoms with Gasteiger partial charge in [-0.25, -0.2) is 0 Å². The van der Waals surface area contributed by atoms with Gasteiger partial charge >= 0.3 is 0 Å². The van der Waals surface area contributed by atoms with Gasteiger partial charge in [-0.15, -0.1) is 0 Å². The third kappa shape index (κ3) is 5.93. The van der Waals surface area contributed by atoms with E-state index < -0.39 is 0 Å². The first-order valence-corrected chi connectivity index (χ1v) is 8.46. The molecule has 0 spiro atoms. The van der Waals surface area contributed by atoms with Crippen molar-refractivity contribution >= 4 is 5.91 Å². The Morgan fingerprint density at radius 2 is 1.86 bits per heavy atom. The number of likely N-dealkylation sites (tertiary alicyclic amines) is 1. The maximum Gasteiger partial charge on any atom is 0.224 e. The van der Waals surface area contributed by atoms with Crippen LogP contribution in [-0.4, -0.2) is 74.2 Å². The molecule has 0 aliphatic carbocycles. The molecule has 122 valence electrons. The summed E-state index contributed by atoms with van der Waals surface area (Å²) in [5, 5.41) is 3.56. The SMILES string of the molecule is CC(C)CN1CCC(NCCC(=O)N2CCOCC2)CC1. The van der Waals surface area contributed by atoms with Crippen molar-refractivity contribution in [1.29, 1.82) is 0 Å². The zero-order valence-corrected chi connectivity index (χ0v) is 13.6. The second-order valence-electron chi connectivity index (χ2n) is 6.67. The molecule has 2 saturated heterocycles. The number of ether oxygens (including phenoxy) is 1. The fraction of sp³-hybridized carbons (Fsp3) is 0.938. The van der Waals surface area contributed by atoms with Gasteiger partial charge in [-0.3, -0.25) is 4.79 Å². The fourth-order valence-electron chi connectivity index (χ4n) is 3.19. The average Bonchev–Trinajstić information content (AvgIpc) is 2.49. The number of amides is 1. The van der Waals surface area contributed by atoms with Gasteiger partial charge in [0.1, 0.15) is 0 Å². The molecule has 21 heavy (non-hydrogen) atoms. The number of carbonyl (C=O) groups excluding carboxylic acids is 1. The zero-order valence-electron chi connectivity index (χ0n) is 13.6. The van der Waals surface area contributed by atoms with E-state index in [9.17, 15) is 4.79 Å². The van der Waals surface area contributed by atoms with Gasteiger partial charge < -0.3 is 19.9 Å². The molecule has 1 N–H and O–H groups in total. The summed E-state index contributed by atoms with van der Waals surface area (Å²) in [6, 6.07) is 0.589. The molecule has 2 aliphatic heterocycles. The smallest absolute Gasteiger partial charge is 0.224 e. The Kier molecular flexibility index (Phi) is 6.93. The normalized spacial score (nSPS) is 22.0. The topological polar surface area (TPSA) is 44.8 Å². The number of hydrogen-bond donors (Lipinski definition) is 1. The van der Waals surface area contributed by atoms with Crippen LogP contribution < -0.4 is 5.32 Å². The zero-order chi connectivity index (χ0) is 15.1. The lowest BCUT2D eigenvalue weighted by Gasteiger charge is -2.33. The van der Waals surface area contributed by atoms with Crippen LogP contribution in [0.5, 0.6) is 0 Å². The Morgan fingerprint density at radius 1 is 1.19 bits per heavy atom. The predicted molar refractivity (Wildman–Crippen MR) is 84.3 cm³/mol. The maximum absolute atomic E-state index is 12.0. The van der Waals surface area contributed by atoms with Crippen LogP contribution in [0.15, 0.2) is 0 Å². The van der Waals surface area contributed by atoms with Crippen LogP contribution in [-0.2, 0) is 9.53 Å². The summed E-state index contributed by atoms with van der Waals surface area (Å²) in [7, 11) is 0. The molecule has 0 aromatic carbocycles. The number of hydrogen-bond acceptors (Lipinski definition) is 4. The second kappa shape index (κ2) is 8.71. The second-order valence-corrected chi connectivity index (χ2v) is 6.67. The van der Waals surface area contributed by atoms with Crippen molar-refractivity contribution in [3.05, 3.63) is 0 Å². The van der Waals surface area contributed by atoms with Crippen molar-refractivity contribution in [3.63, 3.8) is 0 Å². The van der Waals surface area contributed by atoms with E-state index in [4.69, 9.17) is 4.74 Å². The Hall–Kier alpha value is -0.650.